The number of hydrogen-bond donors (Lipinski definition) is 0. The molecule has 0 bridgehead atoms. The van der Waals surface area contributed by atoms with Gasteiger partial charge in [0.2, 0.25) is 0 Å². The average Bonchev–Trinajstić information content (AvgIpc) is 2.87. The first-order valence-electron chi connectivity index (χ1n) is 11.9. The molecule has 3 heteroatoms. The lowest BCUT2D eigenvalue weighted by Crippen LogP contribution is -2.10. The smallest absolute Gasteiger partial charge is 0.162 e. The van der Waals surface area contributed by atoms with Gasteiger partial charge in [-0.1, -0.05) is 99.5 Å². The van der Waals surface area contributed by atoms with Crippen molar-refractivity contribution in [3.8, 4) is 11.5 Å². The van der Waals surface area contributed by atoms with Crippen molar-refractivity contribution >= 4 is 11.9 Å². The van der Waals surface area contributed by atoms with Crippen LogP contribution in [0, 0.1) is 5.92 Å². The maximum absolute atomic E-state index is 12.6. The number of hydrogen-bond acceptors (Lipinski definition) is 3. The summed E-state index contributed by atoms with van der Waals surface area (Å²) in [7, 11) is 0. The fourth-order valence-electron chi connectivity index (χ4n) is 3.64. The van der Waals surface area contributed by atoms with Gasteiger partial charge in [0.25, 0.3) is 0 Å². The summed E-state index contributed by atoms with van der Waals surface area (Å²) in [5, 5.41) is 0. The second-order valence-corrected chi connectivity index (χ2v) is 8.24. The summed E-state index contributed by atoms with van der Waals surface area (Å²) in [4.78, 5) is 12.6. The highest BCUT2D eigenvalue weighted by atomic mass is 16.5. The Morgan fingerprint density at radius 1 is 0.818 bits per heavy atom. The highest BCUT2D eigenvalue weighted by molar-refractivity contribution is 5.95. The number of carbonyl (C=O) groups is 1. The van der Waals surface area contributed by atoms with Crippen LogP contribution in [0.4, 0.5) is 0 Å². The summed E-state index contributed by atoms with van der Waals surface area (Å²) < 4.78 is 12.2. The van der Waals surface area contributed by atoms with Crippen molar-refractivity contribution in [2.24, 2.45) is 5.92 Å². The van der Waals surface area contributed by atoms with Gasteiger partial charge in [-0.05, 0) is 47.7 Å². The molecule has 0 saturated carbocycles. The molecular weight excluding hydrogens is 408 g/mol. The third kappa shape index (κ3) is 7.94. The first-order valence-corrected chi connectivity index (χ1v) is 11.9. The lowest BCUT2D eigenvalue weighted by Gasteiger charge is -2.14. The van der Waals surface area contributed by atoms with Crippen molar-refractivity contribution < 1.29 is 14.3 Å². The predicted molar refractivity (Wildman–Crippen MR) is 135 cm³/mol. The van der Waals surface area contributed by atoms with Gasteiger partial charge in [0.15, 0.2) is 17.3 Å². The van der Waals surface area contributed by atoms with E-state index in [-0.39, 0.29) is 11.7 Å². The maximum atomic E-state index is 12.6. The molecule has 0 saturated heterocycles. The van der Waals surface area contributed by atoms with Crippen LogP contribution in [0.1, 0.15) is 56.2 Å². The van der Waals surface area contributed by atoms with E-state index in [0.29, 0.717) is 24.7 Å². The molecule has 0 aliphatic carbocycles. The average molecular weight is 443 g/mol. The van der Waals surface area contributed by atoms with Crippen LogP contribution in [0.15, 0.2) is 84.9 Å². The van der Waals surface area contributed by atoms with Crippen LogP contribution in [-0.2, 0) is 18.0 Å². The molecule has 0 N–H and O–H groups in total. The van der Waals surface area contributed by atoms with Crippen LogP contribution in [0.3, 0.4) is 0 Å². The van der Waals surface area contributed by atoms with E-state index < -0.39 is 0 Å². The van der Waals surface area contributed by atoms with Crippen molar-refractivity contribution in [1.29, 1.82) is 0 Å². The van der Waals surface area contributed by atoms with Crippen LogP contribution in [-0.4, -0.2) is 5.78 Å². The highest BCUT2D eigenvalue weighted by Gasteiger charge is 2.13. The summed E-state index contributed by atoms with van der Waals surface area (Å²) in [5.74, 6) is 1.65. The minimum Gasteiger partial charge on any atom is -0.485 e. The van der Waals surface area contributed by atoms with Crippen molar-refractivity contribution in [3.05, 3.63) is 102 Å². The predicted octanol–water partition coefficient (Wildman–Crippen LogP) is 7.64. The molecule has 0 amide bonds. The Morgan fingerprint density at radius 2 is 1.42 bits per heavy atom. The molecule has 172 valence electrons. The fraction of sp³-hybridized carbons (Fsp3) is 0.300. The molecular formula is C30H34O3. The molecule has 0 aliphatic heterocycles. The normalized spacial score (nSPS) is 11.9. The Kier molecular flexibility index (Phi) is 9.78. The molecule has 0 heterocycles. The number of rotatable bonds is 13. The van der Waals surface area contributed by atoms with Crippen LogP contribution >= 0.6 is 0 Å². The van der Waals surface area contributed by atoms with Crippen molar-refractivity contribution in [2.75, 3.05) is 0 Å². The number of ketones is 1. The van der Waals surface area contributed by atoms with Crippen LogP contribution in [0.5, 0.6) is 11.5 Å². The van der Waals surface area contributed by atoms with Gasteiger partial charge in [-0.3, -0.25) is 4.79 Å². The number of ether oxygens (including phenoxy) is 2. The molecule has 3 nitrogen and oxygen atoms in total. The Bertz CT molecular complexity index is 1010. The van der Waals surface area contributed by atoms with Gasteiger partial charge >= 0.3 is 0 Å². The van der Waals surface area contributed by atoms with Crippen molar-refractivity contribution in [3.63, 3.8) is 0 Å². The third-order valence-corrected chi connectivity index (χ3v) is 5.68. The Hall–Kier alpha value is -3.33. The molecule has 0 fully saturated rings. The van der Waals surface area contributed by atoms with Crippen LogP contribution in [0.2, 0.25) is 0 Å². The SMILES string of the molecule is CCCCC(CC)C(=O)/C=C/c1ccc(OCc2ccccc2)c(OCc2ccccc2)c1. The molecule has 3 rings (SSSR count). The topological polar surface area (TPSA) is 35.5 Å². The monoisotopic (exact) mass is 442 g/mol. The second-order valence-electron chi connectivity index (χ2n) is 8.24. The van der Waals surface area contributed by atoms with Crippen molar-refractivity contribution in [2.45, 2.75) is 52.7 Å². The fourth-order valence-corrected chi connectivity index (χ4v) is 3.64. The lowest BCUT2D eigenvalue weighted by atomic mass is 9.94. The molecule has 0 aliphatic rings. The molecule has 3 aromatic carbocycles. The first kappa shape index (κ1) is 24.3. The van der Waals surface area contributed by atoms with Gasteiger partial charge in [-0.2, -0.15) is 0 Å². The zero-order chi connectivity index (χ0) is 23.3. The summed E-state index contributed by atoms with van der Waals surface area (Å²) in [6, 6.07) is 26.0. The van der Waals surface area contributed by atoms with Gasteiger partial charge in [0.1, 0.15) is 13.2 Å². The van der Waals surface area contributed by atoms with Crippen molar-refractivity contribution in [1.82, 2.24) is 0 Å². The Morgan fingerprint density at radius 3 is 2.00 bits per heavy atom. The van der Waals surface area contributed by atoms with Gasteiger partial charge in [0.05, 0.1) is 0 Å². The van der Waals surface area contributed by atoms with E-state index in [0.717, 1.165) is 42.4 Å². The summed E-state index contributed by atoms with van der Waals surface area (Å²) in [5.41, 5.74) is 3.10. The van der Waals surface area contributed by atoms with E-state index >= 15 is 0 Å². The van der Waals surface area contributed by atoms with E-state index in [1.54, 1.807) is 6.08 Å². The Balaban J connectivity index is 1.75. The van der Waals surface area contributed by atoms with Crippen LogP contribution < -0.4 is 9.47 Å². The number of unbranched alkanes of at least 4 members (excludes halogenated alkanes) is 1. The standard InChI is InChI=1S/C30H34O3/c1-3-5-16-27(4-2)28(31)19-17-24-18-20-29(32-22-25-12-8-6-9-13-25)30(21-24)33-23-26-14-10-7-11-15-26/h6-15,17-21,27H,3-5,16,22-23H2,1-2H3/b19-17+. The third-order valence-electron chi connectivity index (χ3n) is 5.68. The number of allylic oxidation sites excluding steroid dienone is 1. The summed E-state index contributed by atoms with van der Waals surface area (Å²) in [6.07, 6.45) is 7.62. The molecule has 1 atom stereocenters. The Labute approximate surface area is 198 Å². The second kappa shape index (κ2) is 13.3. The summed E-state index contributed by atoms with van der Waals surface area (Å²) in [6.45, 7) is 5.15. The molecule has 0 radical (unpaired) electrons. The largest absolute Gasteiger partial charge is 0.485 e. The molecule has 1 unspecified atom stereocenters. The van der Waals surface area contributed by atoms with E-state index in [1.807, 2.05) is 84.9 Å². The quantitative estimate of drug-likeness (QED) is 0.255. The first-order chi connectivity index (χ1) is 16.2. The zero-order valence-electron chi connectivity index (χ0n) is 19.7. The zero-order valence-corrected chi connectivity index (χ0v) is 19.7. The summed E-state index contributed by atoms with van der Waals surface area (Å²) >= 11 is 0. The van der Waals surface area contributed by atoms with E-state index in [2.05, 4.69) is 13.8 Å². The highest BCUT2D eigenvalue weighted by Crippen LogP contribution is 2.31. The molecule has 3 aromatic rings. The van der Waals surface area contributed by atoms with Crippen LogP contribution in [0.25, 0.3) is 6.08 Å². The number of carbonyl (C=O) groups excluding carboxylic acids is 1. The molecule has 33 heavy (non-hydrogen) atoms. The van der Waals surface area contributed by atoms with Gasteiger partial charge in [-0.15, -0.1) is 0 Å². The van der Waals surface area contributed by atoms with Gasteiger partial charge in [-0.25, -0.2) is 0 Å². The number of benzene rings is 3. The minimum atomic E-state index is 0.100. The van der Waals surface area contributed by atoms with Gasteiger partial charge in [0, 0.05) is 5.92 Å². The van der Waals surface area contributed by atoms with E-state index in [4.69, 9.17) is 9.47 Å². The minimum absolute atomic E-state index is 0.100. The van der Waals surface area contributed by atoms with E-state index in [9.17, 15) is 4.79 Å². The molecule has 0 aromatic heterocycles. The van der Waals surface area contributed by atoms with Gasteiger partial charge < -0.3 is 9.47 Å². The lowest BCUT2D eigenvalue weighted by molar-refractivity contribution is -0.118. The van der Waals surface area contributed by atoms with E-state index in [1.165, 1.54) is 0 Å². The molecule has 0 spiro atoms. The maximum Gasteiger partial charge on any atom is 0.162 e.